The molecular formula is C14H17ClN2. The van der Waals surface area contributed by atoms with Crippen molar-refractivity contribution in [2.24, 2.45) is 5.92 Å². The van der Waals surface area contributed by atoms with Crippen LogP contribution in [0.25, 0.3) is 5.57 Å². The van der Waals surface area contributed by atoms with Crippen molar-refractivity contribution in [1.29, 1.82) is 0 Å². The first-order valence-electron chi connectivity index (χ1n) is 6.31. The molecule has 1 saturated heterocycles. The Morgan fingerprint density at radius 2 is 2.35 bits per heavy atom. The molecule has 3 rings (SSSR count). The zero-order chi connectivity index (χ0) is 11.8. The van der Waals surface area contributed by atoms with Crippen LogP contribution in [0.2, 0.25) is 5.15 Å². The van der Waals surface area contributed by atoms with Gasteiger partial charge in [-0.2, -0.15) is 0 Å². The lowest BCUT2D eigenvalue weighted by molar-refractivity contribution is 0.346. The van der Waals surface area contributed by atoms with Crippen LogP contribution in [0, 0.1) is 12.8 Å². The highest BCUT2D eigenvalue weighted by Crippen LogP contribution is 2.37. The maximum Gasteiger partial charge on any atom is 0.131 e. The lowest BCUT2D eigenvalue weighted by Gasteiger charge is -2.29. The van der Waals surface area contributed by atoms with Crippen molar-refractivity contribution < 1.29 is 0 Å². The van der Waals surface area contributed by atoms with E-state index in [0.29, 0.717) is 11.2 Å². The molecule has 0 bridgehead atoms. The van der Waals surface area contributed by atoms with Gasteiger partial charge in [0.05, 0.1) is 0 Å². The lowest BCUT2D eigenvalue weighted by atomic mass is 9.88. The smallest absolute Gasteiger partial charge is 0.131 e. The summed E-state index contributed by atoms with van der Waals surface area (Å²) >= 11 is 5.98. The summed E-state index contributed by atoms with van der Waals surface area (Å²) < 4.78 is 0. The highest BCUT2D eigenvalue weighted by molar-refractivity contribution is 6.30. The van der Waals surface area contributed by atoms with Crippen molar-refractivity contribution in [2.75, 3.05) is 6.54 Å². The van der Waals surface area contributed by atoms with Crippen molar-refractivity contribution in [2.45, 2.75) is 32.2 Å². The molecule has 2 nitrogen and oxygen atoms in total. The molecule has 1 aliphatic heterocycles. The number of nitrogens with one attached hydrogen (secondary N) is 1. The quantitative estimate of drug-likeness (QED) is 0.772. The van der Waals surface area contributed by atoms with Crippen molar-refractivity contribution in [3.05, 3.63) is 34.6 Å². The second kappa shape index (κ2) is 4.43. The van der Waals surface area contributed by atoms with E-state index in [1.54, 1.807) is 0 Å². The summed E-state index contributed by atoms with van der Waals surface area (Å²) in [6.45, 7) is 3.15. The zero-order valence-corrected chi connectivity index (χ0v) is 10.8. The minimum atomic E-state index is 0.533. The van der Waals surface area contributed by atoms with Crippen LogP contribution in [0.3, 0.4) is 0 Å². The third-order valence-electron chi connectivity index (χ3n) is 3.91. The number of rotatable bonds is 1. The minimum Gasteiger partial charge on any atom is -0.310 e. The number of pyridine rings is 1. The van der Waals surface area contributed by atoms with Gasteiger partial charge in [-0.1, -0.05) is 17.7 Å². The van der Waals surface area contributed by atoms with E-state index in [0.717, 1.165) is 18.0 Å². The van der Waals surface area contributed by atoms with Crippen LogP contribution in [-0.4, -0.2) is 17.6 Å². The standard InChI is InChI=1S/C14H17ClN2/c1-9-7-11(8-17-14(9)15)12-5-4-10-3-2-6-16-13(10)12/h5,7-8,10,13,16H,2-4,6H2,1H3/t10-,13-/m0/s1. The van der Waals surface area contributed by atoms with E-state index in [-0.39, 0.29) is 0 Å². The van der Waals surface area contributed by atoms with Crippen LogP contribution < -0.4 is 5.32 Å². The van der Waals surface area contributed by atoms with Gasteiger partial charge < -0.3 is 5.32 Å². The molecule has 1 aromatic heterocycles. The minimum absolute atomic E-state index is 0.533. The normalized spacial score (nSPS) is 27.8. The third-order valence-corrected chi connectivity index (χ3v) is 4.31. The Morgan fingerprint density at radius 3 is 3.18 bits per heavy atom. The van der Waals surface area contributed by atoms with Crippen LogP contribution >= 0.6 is 11.6 Å². The van der Waals surface area contributed by atoms with Gasteiger partial charge in [-0.05, 0) is 61.4 Å². The second-order valence-corrected chi connectivity index (χ2v) is 5.42. The number of piperidine rings is 1. The number of aryl methyl sites for hydroxylation is 1. The molecule has 0 spiro atoms. The number of nitrogens with zero attached hydrogens (tertiary/aromatic N) is 1. The molecule has 1 fully saturated rings. The molecule has 90 valence electrons. The van der Waals surface area contributed by atoms with Crippen molar-refractivity contribution in [1.82, 2.24) is 10.3 Å². The fourth-order valence-electron chi connectivity index (χ4n) is 2.99. The summed E-state index contributed by atoms with van der Waals surface area (Å²) in [6.07, 6.45) is 8.13. The Bertz CT molecular complexity index is 467. The first-order chi connectivity index (χ1) is 8.25. The van der Waals surface area contributed by atoms with Crippen molar-refractivity contribution >= 4 is 17.2 Å². The van der Waals surface area contributed by atoms with Crippen molar-refractivity contribution in [3.63, 3.8) is 0 Å². The van der Waals surface area contributed by atoms with Gasteiger partial charge >= 0.3 is 0 Å². The van der Waals surface area contributed by atoms with Gasteiger partial charge in [-0.25, -0.2) is 4.98 Å². The first kappa shape index (κ1) is 11.2. The summed E-state index contributed by atoms with van der Waals surface area (Å²) in [5.74, 6) is 0.787. The highest BCUT2D eigenvalue weighted by Gasteiger charge is 2.32. The highest BCUT2D eigenvalue weighted by atomic mass is 35.5. The molecule has 2 aliphatic rings. The molecule has 0 aromatic carbocycles. The Balaban J connectivity index is 1.91. The molecule has 0 unspecified atom stereocenters. The zero-order valence-electron chi connectivity index (χ0n) is 10.0. The van der Waals surface area contributed by atoms with Crippen LogP contribution in [0.5, 0.6) is 0 Å². The van der Waals surface area contributed by atoms with Crippen LogP contribution in [0.4, 0.5) is 0 Å². The monoisotopic (exact) mass is 248 g/mol. The van der Waals surface area contributed by atoms with Gasteiger partial charge in [-0.15, -0.1) is 0 Å². The van der Waals surface area contributed by atoms with Crippen molar-refractivity contribution in [3.8, 4) is 0 Å². The molecule has 3 heteroatoms. The lowest BCUT2D eigenvalue weighted by Crippen LogP contribution is -2.39. The van der Waals surface area contributed by atoms with E-state index in [1.807, 2.05) is 13.1 Å². The molecule has 1 aromatic rings. The third kappa shape index (κ3) is 2.00. The largest absolute Gasteiger partial charge is 0.310 e. The molecule has 2 heterocycles. The summed E-state index contributed by atoms with van der Waals surface area (Å²) in [6, 6.07) is 2.69. The predicted molar refractivity (Wildman–Crippen MR) is 71.1 cm³/mol. The Morgan fingerprint density at radius 1 is 1.47 bits per heavy atom. The second-order valence-electron chi connectivity index (χ2n) is 5.06. The number of hydrogen-bond donors (Lipinski definition) is 1. The molecular weight excluding hydrogens is 232 g/mol. The maximum atomic E-state index is 5.98. The fourth-order valence-corrected chi connectivity index (χ4v) is 3.10. The van der Waals surface area contributed by atoms with Gasteiger partial charge in [0.15, 0.2) is 0 Å². The maximum absolute atomic E-state index is 5.98. The molecule has 2 atom stereocenters. The van der Waals surface area contributed by atoms with Gasteiger partial charge in [-0.3, -0.25) is 0 Å². The van der Waals surface area contributed by atoms with Gasteiger partial charge in [0.1, 0.15) is 5.15 Å². The molecule has 17 heavy (non-hydrogen) atoms. The number of hydrogen-bond acceptors (Lipinski definition) is 2. The SMILES string of the molecule is Cc1cc(C2=CC[C@@H]3CCCN[C@H]23)cnc1Cl. The Labute approximate surface area is 107 Å². The van der Waals surface area contributed by atoms with E-state index < -0.39 is 0 Å². The van der Waals surface area contributed by atoms with E-state index in [4.69, 9.17) is 11.6 Å². The average molecular weight is 249 g/mol. The summed E-state index contributed by atoms with van der Waals surface area (Å²) in [7, 11) is 0. The average Bonchev–Trinajstić information content (AvgIpc) is 2.76. The summed E-state index contributed by atoms with van der Waals surface area (Å²) in [5, 5.41) is 4.25. The number of allylic oxidation sites excluding steroid dienone is 1. The molecule has 1 aliphatic carbocycles. The molecule has 0 saturated carbocycles. The van der Waals surface area contributed by atoms with Gasteiger partial charge in [0, 0.05) is 12.2 Å². The topological polar surface area (TPSA) is 24.9 Å². The van der Waals surface area contributed by atoms with E-state index in [1.165, 1.54) is 30.4 Å². The molecule has 1 N–H and O–H groups in total. The number of aromatic nitrogens is 1. The van der Waals surface area contributed by atoms with E-state index in [9.17, 15) is 0 Å². The van der Waals surface area contributed by atoms with Gasteiger partial charge in [0.25, 0.3) is 0 Å². The predicted octanol–water partition coefficient (Wildman–Crippen LogP) is 3.20. The van der Waals surface area contributed by atoms with Crippen LogP contribution in [0.15, 0.2) is 18.3 Å². The first-order valence-corrected chi connectivity index (χ1v) is 6.69. The van der Waals surface area contributed by atoms with Crippen LogP contribution in [-0.2, 0) is 0 Å². The molecule has 0 radical (unpaired) electrons. The fraction of sp³-hybridized carbons (Fsp3) is 0.500. The Kier molecular flexibility index (Phi) is 2.93. The Hall–Kier alpha value is -0.860. The molecule has 0 amide bonds. The summed E-state index contributed by atoms with van der Waals surface area (Å²) in [4.78, 5) is 4.26. The number of halogens is 1. The van der Waals surface area contributed by atoms with E-state index >= 15 is 0 Å². The van der Waals surface area contributed by atoms with Crippen LogP contribution in [0.1, 0.15) is 30.4 Å². The van der Waals surface area contributed by atoms with E-state index in [2.05, 4.69) is 22.4 Å². The summed E-state index contributed by atoms with van der Waals surface area (Å²) in [5.41, 5.74) is 3.71. The van der Waals surface area contributed by atoms with Gasteiger partial charge in [0.2, 0.25) is 0 Å². The number of fused-ring (bicyclic) bond motifs is 1.